The largest absolute Gasteiger partial charge is 0.403 e. The number of piperidine rings is 3. The number of ether oxygens (including phenoxy) is 1. The van der Waals surface area contributed by atoms with Crippen molar-refractivity contribution in [2.45, 2.75) is 90.7 Å². The Balaban J connectivity index is 1.16. The average molecular weight is 632 g/mol. The summed E-state index contributed by atoms with van der Waals surface area (Å²) in [4.78, 5) is 28.3. The van der Waals surface area contributed by atoms with Crippen molar-refractivity contribution >= 4 is 46.8 Å². The monoisotopic (exact) mass is 630 g/mol. The molecule has 9 nitrogen and oxygen atoms in total. The van der Waals surface area contributed by atoms with E-state index in [-0.39, 0.29) is 70.9 Å². The van der Waals surface area contributed by atoms with Crippen molar-refractivity contribution in [1.29, 1.82) is 0 Å². The standard InChI is InChI=1S/C25H39Cl2F3N6O3S/c1-11-5-12(13-6-20(27)32-8-17(13)39-2)14(7-31-11)22(37)35-24-33-16-9-36(10-18(16)40-24)23(38)21-15(26)3-4-19(34-21)25(28,29)30/h11-21,24,31-34H,3-10H2,1-2H3,(H,35,37). The van der Waals surface area contributed by atoms with Crippen molar-refractivity contribution in [3.05, 3.63) is 0 Å². The smallest absolute Gasteiger partial charge is 0.380 e. The zero-order chi connectivity index (χ0) is 28.8. The Labute approximate surface area is 247 Å². The Morgan fingerprint density at radius 2 is 1.82 bits per heavy atom. The summed E-state index contributed by atoms with van der Waals surface area (Å²) in [6.45, 7) is 4.10. The second-order valence-electron chi connectivity index (χ2n) is 11.8. The number of carbonyl (C=O) groups excluding carboxylic acids is 2. The summed E-state index contributed by atoms with van der Waals surface area (Å²) in [6.07, 6.45) is -2.87. The Bertz CT molecular complexity index is 927. The molecular weight excluding hydrogens is 592 g/mol. The van der Waals surface area contributed by atoms with Crippen molar-refractivity contribution in [3.8, 4) is 0 Å². The minimum atomic E-state index is -4.42. The van der Waals surface area contributed by atoms with E-state index in [0.29, 0.717) is 26.2 Å². The summed E-state index contributed by atoms with van der Waals surface area (Å²) in [7, 11) is 1.70. The van der Waals surface area contributed by atoms with Gasteiger partial charge in [0.1, 0.15) is 17.6 Å². The van der Waals surface area contributed by atoms with Crippen molar-refractivity contribution in [2.75, 3.05) is 33.3 Å². The molecule has 5 saturated heterocycles. The van der Waals surface area contributed by atoms with Gasteiger partial charge in [-0.3, -0.25) is 25.5 Å². The van der Waals surface area contributed by atoms with Crippen molar-refractivity contribution in [1.82, 2.24) is 31.5 Å². The molecule has 0 radical (unpaired) electrons. The van der Waals surface area contributed by atoms with Crippen LogP contribution in [0.4, 0.5) is 13.2 Å². The number of methoxy groups -OCH3 is 1. The highest BCUT2D eigenvalue weighted by Gasteiger charge is 2.50. The van der Waals surface area contributed by atoms with E-state index in [9.17, 15) is 22.8 Å². The summed E-state index contributed by atoms with van der Waals surface area (Å²) >= 11 is 14.3. The Morgan fingerprint density at radius 1 is 1.05 bits per heavy atom. The minimum Gasteiger partial charge on any atom is -0.380 e. The number of hydrogen-bond donors (Lipinski definition) is 5. The summed E-state index contributed by atoms with van der Waals surface area (Å²) in [5, 5.41) is 15.0. The third kappa shape index (κ3) is 6.66. The quantitative estimate of drug-likeness (QED) is 0.229. The van der Waals surface area contributed by atoms with E-state index < -0.39 is 29.5 Å². The summed E-state index contributed by atoms with van der Waals surface area (Å²) in [5.41, 5.74) is -0.463. The van der Waals surface area contributed by atoms with Gasteiger partial charge in [-0.25, -0.2) is 0 Å². The van der Waals surface area contributed by atoms with Gasteiger partial charge in [-0.15, -0.1) is 35.0 Å². The highest BCUT2D eigenvalue weighted by molar-refractivity contribution is 8.00. The molecule has 5 aliphatic rings. The number of fused-ring (bicyclic) bond motifs is 1. The molecule has 5 fully saturated rings. The number of thioether (sulfide) groups is 1. The molecule has 12 atom stereocenters. The van der Waals surface area contributed by atoms with Gasteiger partial charge in [-0.1, -0.05) is 0 Å². The van der Waals surface area contributed by atoms with Crippen LogP contribution >= 0.6 is 35.0 Å². The van der Waals surface area contributed by atoms with Crippen LogP contribution < -0.4 is 26.6 Å². The van der Waals surface area contributed by atoms with Gasteiger partial charge in [0, 0.05) is 50.6 Å². The van der Waals surface area contributed by atoms with Gasteiger partial charge in [-0.2, -0.15) is 13.2 Å². The zero-order valence-electron chi connectivity index (χ0n) is 22.6. The zero-order valence-corrected chi connectivity index (χ0v) is 24.9. The molecule has 15 heteroatoms. The highest BCUT2D eigenvalue weighted by Crippen LogP contribution is 2.39. The van der Waals surface area contributed by atoms with Crippen LogP contribution in [0.5, 0.6) is 0 Å². The van der Waals surface area contributed by atoms with Crippen molar-refractivity contribution in [2.24, 2.45) is 17.8 Å². The number of alkyl halides is 5. The molecule has 0 aromatic rings. The van der Waals surface area contributed by atoms with E-state index in [4.69, 9.17) is 27.9 Å². The van der Waals surface area contributed by atoms with Gasteiger partial charge >= 0.3 is 6.18 Å². The van der Waals surface area contributed by atoms with Gasteiger partial charge in [-0.05, 0) is 44.4 Å². The molecule has 5 rings (SSSR count). The molecule has 228 valence electrons. The molecule has 0 aromatic heterocycles. The van der Waals surface area contributed by atoms with Crippen molar-refractivity contribution < 1.29 is 27.5 Å². The molecule has 0 bridgehead atoms. The van der Waals surface area contributed by atoms with E-state index in [0.717, 1.165) is 12.8 Å². The summed E-state index contributed by atoms with van der Waals surface area (Å²) < 4.78 is 45.5. The topological polar surface area (TPSA) is 107 Å². The predicted molar refractivity (Wildman–Crippen MR) is 148 cm³/mol. The first-order chi connectivity index (χ1) is 18.9. The van der Waals surface area contributed by atoms with Crippen LogP contribution in [0, 0.1) is 17.8 Å². The second kappa shape index (κ2) is 12.6. The van der Waals surface area contributed by atoms with Gasteiger partial charge < -0.3 is 20.3 Å². The molecule has 5 aliphatic heterocycles. The summed E-state index contributed by atoms with van der Waals surface area (Å²) in [5.74, 6) is -0.384. The van der Waals surface area contributed by atoms with Crippen LogP contribution in [0.2, 0.25) is 0 Å². The maximum Gasteiger partial charge on any atom is 0.403 e. The number of nitrogens with zero attached hydrogens (tertiary/aromatic N) is 1. The second-order valence-corrected chi connectivity index (χ2v) is 14.2. The van der Waals surface area contributed by atoms with Crippen LogP contribution in [-0.2, 0) is 14.3 Å². The number of hydrogen-bond acceptors (Lipinski definition) is 8. The lowest BCUT2D eigenvalue weighted by molar-refractivity contribution is -0.165. The molecular formula is C25H39Cl2F3N6O3S. The molecule has 2 amide bonds. The average Bonchev–Trinajstić information content (AvgIpc) is 3.46. The van der Waals surface area contributed by atoms with Crippen molar-refractivity contribution in [3.63, 3.8) is 0 Å². The normalized spacial score (nSPS) is 44.3. The van der Waals surface area contributed by atoms with Crippen LogP contribution in [0.3, 0.4) is 0 Å². The highest BCUT2D eigenvalue weighted by atomic mass is 35.5. The lowest BCUT2D eigenvalue weighted by Crippen LogP contribution is -2.60. The molecule has 0 aromatic carbocycles. The first-order valence-electron chi connectivity index (χ1n) is 14.1. The molecule has 0 saturated carbocycles. The predicted octanol–water partition coefficient (Wildman–Crippen LogP) is 1.40. The van der Waals surface area contributed by atoms with Crippen LogP contribution in [0.1, 0.15) is 32.6 Å². The number of rotatable bonds is 5. The van der Waals surface area contributed by atoms with Gasteiger partial charge in [0.2, 0.25) is 11.8 Å². The molecule has 5 N–H and O–H groups in total. The molecule has 12 unspecified atom stereocenters. The van der Waals surface area contributed by atoms with Gasteiger partial charge in [0.25, 0.3) is 0 Å². The number of nitrogens with one attached hydrogen (secondary N) is 5. The third-order valence-electron chi connectivity index (χ3n) is 9.18. The fourth-order valence-electron chi connectivity index (χ4n) is 7.02. The van der Waals surface area contributed by atoms with E-state index >= 15 is 0 Å². The third-order valence-corrected chi connectivity index (χ3v) is 11.3. The number of halogens is 5. The number of amides is 2. The number of carbonyl (C=O) groups is 2. The van der Waals surface area contributed by atoms with Crippen LogP contribution in [0.25, 0.3) is 0 Å². The fraction of sp³-hybridized carbons (Fsp3) is 0.920. The van der Waals surface area contributed by atoms with E-state index in [2.05, 4.69) is 33.5 Å². The molecule has 0 spiro atoms. The molecule has 5 heterocycles. The van der Waals surface area contributed by atoms with E-state index in [1.807, 2.05) is 0 Å². The Kier molecular flexibility index (Phi) is 9.73. The fourth-order valence-corrected chi connectivity index (χ4v) is 9.03. The Morgan fingerprint density at radius 3 is 2.52 bits per heavy atom. The SMILES string of the molecule is COC1CNC(Cl)CC1C1CC(C)NCC1C(=O)NC1NC2CN(C(=O)C3NC(C(F)(F)F)CCC3Cl)CC2S1. The molecule has 0 aliphatic carbocycles. The van der Waals surface area contributed by atoms with Crippen LogP contribution in [-0.4, -0.2) is 108 Å². The lowest BCUT2D eigenvalue weighted by Gasteiger charge is -2.45. The molecule has 40 heavy (non-hydrogen) atoms. The van der Waals surface area contributed by atoms with E-state index in [1.54, 1.807) is 23.8 Å². The Hall–Kier alpha value is -0.540. The number of likely N-dealkylation sites (tertiary alicyclic amines) is 1. The first kappa shape index (κ1) is 30.9. The van der Waals surface area contributed by atoms with Crippen LogP contribution in [0.15, 0.2) is 0 Å². The van der Waals surface area contributed by atoms with Gasteiger partial charge in [0.15, 0.2) is 0 Å². The lowest BCUT2D eigenvalue weighted by atomic mass is 9.70. The van der Waals surface area contributed by atoms with Gasteiger partial charge in [0.05, 0.1) is 22.9 Å². The van der Waals surface area contributed by atoms with E-state index in [1.165, 1.54) is 0 Å². The maximum atomic E-state index is 13.6. The maximum absolute atomic E-state index is 13.6. The first-order valence-corrected chi connectivity index (χ1v) is 15.9. The summed E-state index contributed by atoms with van der Waals surface area (Å²) in [6, 6.07) is -2.59. The minimum absolute atomic E-state index is 0.0138.